The Labute approximate surface area is 147 Å². The highest BCUT2D eigenvalue weighted by molar-refractivity contribution is 8.01. The quantitative estimate of drug-likeness (QED) is 0.844. The average molecular weight is 367 g/mol. The zero-order valence-electron chi connectivity index (χ0n) is 11.8. The number of hydrogen-bond donors (Lipinski definition) is 2. The molecule has 0 spiro atoms. The summed E-state index contributed by atoms with van der Waals surface area (Å²) in [6, 6.07) is 12.3. The third-order valence-electron chi connectivity index (χ3n) is 3.28. The summed E-state index contributed by atoms with van der Waals surface area (Å²) < 4.78 is 0. The number of nitrogens with one attached hydrogen (secondary N) is 2. The Morgan fingerprint density at radius 3 is 2.83 bits per heavy atom. The van der Waals surface area contributed by atoms with Gasteiger partial charge in [-0.3, -0.25) is 9.59 Å². The second-order valence-electron chi connectivity index (χ2n) is 4.97. The number of rotatable bonds is 3. The molecule has 0 bridgehead atoms. The fourth-order valence-corrected chi connectivity index (χ4v) is 3.64. The van der Waals surface area contributed by atoms with E-state index in [2.05, 4.69) is 10.6 Å². The summed E-state index contributed by atoms with van der Waals surface area (Å²) in [6.45, 7) is 0. The van der Waals surface area contributed by atoms with Gasteiger partial charge in [0.1, 0.15) is 0 Å². The van der Waals surface area contributed by atoms with E-state index in [1.165, 1.54) is 11.8 Å². The van der Waals surface area contributed by atoms with Crippen LogP contribution in [0.3, 0.4) is 0 Å². The molecule has 2 amide bonds. The number of benzene rings is 2. The molecule has 23 heavy (non-hydrogen) atoms. The predicted molar refractivity (Wildman–Crippen MR) is 94.4 cm³/mol. The van der Waals surface area contributed by atoms with Gasteiger partial charge in [-0.05, 0) is 30.3 Å². The Hall–Kier alpha value is -1.69. The van der Waals surface area contributed by atoms with Crippen molar-refractivity contribution in [2.75, 3.05) is 10.6 Å². The van der Waals surface area contributed by atoms with Crippen LogP contribution in [0, 0.1) is 0 Å². The summed E-state index contributed by atoms with van der Waals surface area (Å²) in [5.74, 6) is -0.470. The predicted octanol–water partition coefficient (Wildman–Crippen LogP) is 4.44. The van der Waals surface area contributed by atoms with Crippen LogP contribution in [0.25, 0.3) is 0 Å². The number of para-hydroxylation sites is 1. The van der Waals surface area contributed by atoms with Gasteiger partial charge in [-0.25, -0.2) is 0 Å². The van der Waals surface area contributed by atoms with Crippen LogP contribution >= 0.6 is 35.0 Å². The molecule has 2 N–H and O–H groups in total. The Kier molecular flexibility index (Phi) is 4.80. The van der Waals surface area contributed by atoms with Gasteiger partial charge in [0.25, 0.3) is 0 Å². The van der Waals surface area contributed by atoms with Crippen molar-refractivity contribution in [3.05, 3.63) is 52.5 Å². The molecule has 2 aromatic carbocycles. The third-order valence-corrected chi connectivity index (χ3v) is 5.12. The lowest BCUT2D eigenvalue weighted by Gasteiger charge is -2.23. The molecule has 2 aromatic rings. The Morgan fingerprint density at radius 2 is 2.00 bits per heavy atom. The highest BCUT2D eigenvalue weighted by Crippen LogP contribution is 2.36. The molecule has 0 saturated carbocycles. The molecule has 1 aliphatic heterocycles. The monoisotopic (exact) mass is 366 g/mol. The van der Waals surface area contributed by atoms with Gasteiger partial charge in [-0.2, -0.15) is 0 Å². The molecule has 0 aliphatic carbocycles. The summed E-state index contributed by atoms with van der Waals surface area (Å²) in [7, 11) is 0. The van der Waals surface area contributed by atoms with Crippen LogP contribution in [-0.2, 0) is 9.59 Å². The van der Waals surface area contributed by atoms with Crippen LogP contribution in [0.5, 0.6) is 0 Å². The molecule has 0 saturated heterocycles. The molecule has 4 nitrogen and oxygen atoms in total. The first kappa shape index (κ1) is 16.2. The summed E-state index contributed by atoms with van der Waals surface area (Å²) in [5, 5.41) is 5.90. The first-order valence-corrected chi connectivity index (χ1v) is 8.48. The van der Waals surface area contributed by atoms with Crippen molar-refractivity contribution in [1.29, 1.82) is 0 Å². The lowest BCUT2D eigenvalue weighted by atomic mass is 10.2. The Morgan fingerprint density at radius 1 is 1.22 bits per heavy atom. The van der Waals surface area contributed by atoms with Crippen molar-refractivity contribution in [2.45, 2.75) is 16.6 Å². The summed E-state index contributed by atoms with van der Waals surface area (Å²) in [4.78, 5) is 25.3. The SMILES string of the molecule is O=C(CC1Sc2ccccc2NC1=O)Nc1cc(Cl)ccc1Cl. The standard InChI is InChI=1S/C16H12Cl2N2O2S/c17-9-5-6-10(18)12(7-9)19-15(21)8-14-16(22)20-11-3-1-2-4-13(11)23-14/h1-7,14H,8H2,(H,19,21)(H,20,22). The molecule has 1 aliphatic rings. The van der Waals surface area contributed by atoms with Gasteiger partial charge in [-0.15, -0.1) is 11.8 Å². The van der Waals surface area contributed by atoms with E-state index in [0.29, 0.717) is 15.7 Å². The lowest BCUT2D eigenvalue weighted by molar-refractivity contribution is -0.120. The summed E-state index contributed by atoms with van der Waals surface area (Å²) in [5.41, 5.74) is 1.21. The minimum Gasteiger partial charge on any atom is -0.325 e. The number of amides is 2. The normalized spacial score (nSPS) is 16.4. The zero-order valence-corrected chi connectivity index (χ0v) is 14.1. The van der Waals surface area contributed by atoms with E-state index in [-0.39, 0.29) is 18.2 Å². The molecule has 1 unspecified atom stereocenters. The molecule has 3 rings (SSSR count). The zero-order chi connectivity index (χ0) is 16.4. The van der Waals surface area contributed by atoms with Crippen molar-refractivity contribution in [1.82, 2.24) is 0 Å². The van der Waals surface area contributed by atoms with Crippen molar-refractivity contribution < 1.29 is 9.59 Å². The van der Waals surface area contributed by atoms with E-state index in [9.17, 15) is 9.59 Å². The van der Waals surface area contributed by atoms with Crippen molar-refractivity contribution in [3.8, 4) is 0 Å². The minimum absolute atomic E-state index is 0.0493. The molecule has 1 atom stereocenters. The number of carbonyl (C=O) groups excluding carboxylic acids is 2. The lowest BCUT2D eigenvalue weighted by Crippen LogP contribution is -2.32. The fraction of sp³-hybridized carbons (Fsp3) is 0.125. The number of hydrogen-bond acceptors (Lipinski definition) is 3. The second-order valence-corrected chi connectivity index (χ2v) is 7.06. The molecular formula is C16H12Cl2N2O2S. The molecule has 0 radical (unpaired) electrons. The number of carbonyl (C=O) groups is 2. The molecule has 0 fully saturated rings. The van der Waals surface area contributed by atoms with Gasteiger partial charge in [0, 0.05) is 16.3 Å². The Balaban J connectivity index is 1.69. The first-order chi connectivity index (χ1) is 11.0. The molecular weight excluding hydrogens is 355 g/mol. The summed E-state index contributed by atoms with van der Waals surface area (Å²) in [6.07, 6.45) is 0.0493. The average Bonchev–Trinajstić information content (AvgIpc) is 2.51. The van der Waals surface area contributed by atoms with Crippen LogP contribution in [0.2, 0.25) is 10.0 Å². The molecule has 0 aromatic heterocycles. The van der Waals surface area contributed by atoms with Gasteiger partial charge in [0.05, 0.1) is 21.6 Å². The van der Waals surface area contributed by atoms with Gasteiger partial charge in [0.15, 0.2) is 0 Å². The van der Waals surface area contributed by atoms with Crippen LogP contribution in [0.15, 0.2) is 47.4 Å². The number of halogens is 2. The number of thioether (sulfide) groups is 1. The smallest absolute Gasteiger partial charge is 0.238 e. The van der Waals surface area contributed by atoms with E-state index in [1.54, 1.807) is 18.2 Å². The molecule has 7 heteroatoms. The maximum Gasteiger partial charge on any atom is 0.238 e. The first-order valence-electron chi connectivity index (χ1n) is 6.84. The maximum absolute atomic E-state index is 12.2. The van der Waals surface area contributed by atoms with Crippen molar-refractivity contribution in [2.24, 2.45) is 0 Å². The minimum atomic E-state index is -0.483. The highest BCUT2D eigenvalue weighted by Gasteiger charge is 2.28. The Bertz CT molecular complexity index is 782. The van der Waals surface area contributed by atoms with E-state index >= 15 is 0 Å². The number of fused-ring (bicyclic) bond motifs is 1. The fourth-order valence-electron chi connectivity index (χ4n) is 2.19. The maximum atomic E-state index is 12.2. The largest absolute Gasteiger partial charge is 0.325 e. The van der Waals surface area contributed by atoms with Crippen LogP contribution in [0.1, 0.15) is 6.42 Å². The topological polar surface area (TPSA) is 58.2 Å². The van der Waals surface area contributed by atoms with Crippen LogP contribution in [0.4, 0.5) is 11.4 Å². The van der Waals surface area contributed by atoms with Gasteiger partial charge < -0.3 is 10.6 Å². The van der Waals surface area contributed by atoms with E-state index < -0.39 is 5.25 Å². The molecule has 118 valence electrons. The highest BCUT2D eigenvalue weighted by atomic mass is 35.5. The van der Waals surface area contributed by atoms with Crippen LogP contribution in [-0.4, -0.2) is 17.1 Å². The molecule has 1 heterocycles. The van der Waals surface area contributed by atoms with E-state index in [0.717, 1.165) is 10.6 Å². The third kappa shape index (κ3) is 3.80. The van der Waals surface area contributed by atoms with Gasteiger partial charge >= 0.3 is 0 Å². The van der Waals surface area contributed by atoms with Crippen LogP contribution < -0.4 is 10.6 Å². The summed E-state index contributed by atoms with van der Waals surface area (Å²) >= 11 is 13.3. The van der Waals surface area contributed by atoms with Crippen molar-refractivity contribution >= 4 is 58.2 Å². The van der Waals surface area contributed by atoms with Crippen molar-refractivity contribution in [3.63, 3.8) is 0 Å². The number of anilines is 2. The van der Waals surface area contributed by atoms with Gasteiger partial charge in [-0.1, -0.05) is 35.3 Å². The van der Waals surface area contributed by atoms with Gasteiger partial charge in [0.2, 0.25) is 11.8 Å². The van der Waals surface area contributed by atoms with E-state index in [1.807, 2.05) is 24.3 Å². The van der Waals surface area contributed by atoms with E-state index in [4.69, 9.17) is 23.2 Å². The second kappa shape index (κ2) is 6.83.